The molecule has 0 aliphatic carbocycles. The zero-order chi connectivity index (χ0) is 8.53. The molecule has 0 bridgehead atoms. The molecular formula is C9H21N2O+. The van der Waals surface area contributed by atoms with Crippen LogP contribution < -0.4 is 10.3 Å². The summed E-state index contributed by atoms with van der Waals surface area (Å²) in [6.45, 7) is 2.34. The molecule has 0 heterocycles. The molecule has 0 unspecified atom stereocenters. The molecule has 3 heteroatoms. The summed E-state index contributed by atoms with van der Waals surface area (Å²) in [5, 5.41) is 2.75. The van der Waals surface area contributed by atoms with Crippen LogP contribution in [-0.4, -0.2) is 25.7 Å². The highest BCUT2D eigenvalue weighted by molar-refractivity contribution is 5.72. The van der Waals surface area contributed by atoms with Crippen LogP contribution >= 0.6 is 0 Å². The van der Waals surface area contributed by atoms with Crippen LogP contribution in [-0.2, 0) is 4.79 Å². The molecule has 0 radical (unpaired) electrons. The lowest BCUT2D eigenvalue weighted by atomic mass is 10.2. The van der Waals surface area contributed by atoms with Gasteiger partial charge in [0.25, 0.3) is 0 Å². The van der Waals surface area contributed by atoms with Crippen molar-refractivity contribution in [1.29, 1.82) is 0 Å². The molecule has 0 aliphatic rings. The van der Waals surface area contributed by atoms with Gasteiger partial charge in [0.2, 0.25) is 5.91 Å². The second-order valence-corrected chi connectivity index (χ2v) is 2.47. The molecular weight excluding hydrogens is 155 g/mol. The van der Waals surface area contributed by atoms with Gasteiger partial charge in [-0.3, -0.25) is 9.79 Å². The van der Waals surface area contributed by atoms with Crippen molar-refractivity contribution in [2.45, 2.75) is 33.6 Å². The van der Waals surface area contributed by atoms with Gasteiger partial charge >= 0.3 is 0 Å². The fourth-order valence-electron chi connectivity index (χ4n) is 0.780. The maximum absolute atomic E-state index is 10.4. The van der Waals surface area contributed by atoms with Crippen LogP contribution in [0.25, 0.3) is 0 Å². The quantitative estimate of drug-likeness (QED) is 0.257. The first-order chi connectivity index (χ1) is 5.27. The Labute approximate surface area is 75.3 Å². The van der Waals surface area contributed by atoms with Gasteiger partial charge < -0.3 is 5.32 Å². The van der Waals surface area contributed by atoms with Crippen molar-refractivity contribution in [3.05, 3.63) is 0 Å². The fraction of sp³-hybridized carbons (Fsp3) is 0.778. The lowest BCUT2D eigenvalue weighted by molar-refractivity contribution is -0.415. The summed E-state index contributed by atoms with van der Waals surface area (Å²) in [5.74, 6) is 0.0580. The minimum atomic E-state index is 0. The van der Waals surface area contributed by atoms with E-state index in [1.54, 1.807) is 6.92 Å². The summed E-state index contributed by atoms with van der Waals surface area (Å²) in [5.41, 5.74) is 0. The molecule has 0 aromatic carbocycles. The van der Waals surface area contributed by atoms with Crippen molar-refractivity contribution in [1.82, 2.24) is 5.32 Å². The molecule has 0 saturated carbocycles. The van der Waals surface area contributed by atoms with Gasteiger partial charge in [0.15, 0.2) is 0 Å². The lowest BCUT2D eigenvalue weighted by Crippen LogP contribution is -2.62. The van der Waals surface area contributed by atoms with Gasteiger partial charge in [0.1, 0.15) is 13.3 Å². The maximum Gasteiger partial charge on any atom is 0.216 e. The zero-order valence-corrected chi connectivity index (χ0v) is 7.31. The van der Waals surface area contributed by atoms with E-state index < -0.39 is 0 Å². The number of carbonyl (C=O) groups excluding carboxylic acids is 1. The van der Waals surface area contributed by atoms with E-state index in [0.717, 1.165) is 25.8 Å². The predicted octanol–water partition coefficient (Wildman–Crippen LogP) is -0.290. The Morgan fingerprint density at radius 1 is 1.50 bits per heavy atom. The Balaban J connectivity index is 0. The molecule has 72 valence electrons. The first-order valence-corrected chi connectivity index (χ1v) is 4.00. The van der Waals surface area contributed by atoms with E-state index in [9.17, 15) is 4.79 Å². The first kappa shape index (κ1) is 13.7. The van der Waals surface area contributed by atoms with Gasteiger partial charge in [-0.15, -0.1) is 0 Å². The Morgan fingerprint density at radius 3 is 2.67 bits per heavy atom. The summed E-state index contributed by atoms with van der Waals surface area (Å²) < 4.78 is 0. The number of carbonyl (C=O) groups is 1. The maximum atomic E-state index is 10.4. The molecule has 0 aliphatic heterocycles. The van der Waals surface area contributed by atoms with Crippen LogP contribution in [0.1, 0.15) is 33.6 Å². The van der Waals surface area contributed by atoms with Crippen LogP contribution in [0.5, 0.6) is 0 Å². The van der Waals surface area contributed by atoms with E-state index in [0.29, 0.717) is 0 Å². The van der Waals surface area contributed by atoms with E-state index in [1.165, 1.54) is 0 Å². The SMILES string of the molecule is CC(=O)[15NH]CCCCC=[NH+][13CH3].[13CH4]. The van der Waals surface area contributed by atoms with Crippen molar-refractivity contribution in [3.63, 3.8) is 0 Å². The third-order valence-electron chi connectivity index (χ3n) is 1.35. The van der Waals surface area contributed by atoms with Gasteiger partial charge in [-0.25, -0.2) is 0 Å². The third kappa shape index (κ3) is 11.9. The standard InChI is InChI=1S/C8H16N2O.CH4/c1-8(11)10-7-5-3-4-6-9-2;/h6H,3-5,7H2,1-2H3,(H,10,11);1H4/p+1/i2+1,10+1;1+1. The normalized spacial score (nSPS) is 9.50. The molecule has 0 aromatic rings. The summed E-state index contributed by atoms with van der Waals surface area (Å²) in [4.78, 5) is 13.4. The average Bonchev–Trinajstić information content (AvgIpc) is 1.96. The number of hydrogen-bond acceptors (Lipinski definition) is 1. The van der Waals surface area contributed by atoms with Gasteiger partial charge in [-0.05, 0) is 12.8 Å². The topological polar surface area (TPSA) is 43.1 Å². The van der Waals surface area contributed by atoms with E-state index in [1.807, 2.05) is 13.3 Å². The van der Waals surface area contributed by atoms with Crippen LogP contribution in [0.4, 0.5) is 0 Å². The molecule has 0 aromatic heterocycles. The van der Waals surface area contributed by atoms with Crippen LogP contribution in [0.15, 0.2) is 0 Å². The fourth-order valence-corrected chi connectivity index (χ4v) is 0.780. The molecule has 0 saturated heterocycles. The molecule has 12 heavy (non-hydrogen) atoms. The van der Waals surface area contributed by atoms with Gasteiger partial charge in [0, 0.05) is 19.9 Å². The molecule has 3 nitrogen and oxygen atoms in total. The number of amides is 1. The minimum Gasteiger partial charge on any atom is -0.356 e. The first-order valence-electron chi connectivity index (χ1n) is 4.00. The smallest absolute Gasteiger partial charge is 0.216 e. The predicted molar refractivity (Wildman–Crippen MR) is 52.2 cm³/mol. The second-order valence-electron chi connectivity index (χ2n) is 2.47. The third-order valence-corrected chi connectivity index (χ3v) is 1.35. The zero-order valence-electron chi connectivity index (χ0n) is 7.31. The Kier molecular flexibility index (Phi) is 11.6. The van der Waals surface area contributed by atoms with Gasteiger partial charge in [0.05, 0.1) is 0 Å². The Bertz CT molecular complexity index is 132. The highest BCUT2D eigenvalue weighted by atomic mass is 16.2. The molecule has 2 N–H and O–H groups in total. The molecule has 0 rings (SSSR count). The lowest BCUT2D eigenvalue weighted by Gasteiger charge is -1.98. The average molecular weight is 176 g/mol. The van der Waals surface area contributed by atoms with Crippen LogP contribution in [0.3, 0.4) is 0 Å². The Hall–Kier alpha value is -0.860. The van der Waals surface area contributed by atoms with E-state index in [2.05, 4.69) is 10.3 Å². The van der Waals surface area contributed by atoms with Crippen molar-refractivity contribution >= 4 is 12.1 Å². The number of hydrogen-bond donors (Lipinski definition) is 2. The van der Waals surface area contributed by atoms with Crippen molar-refractivity contribution in [2.75, 3.05) is 13.6 Å². The number of nitrogens with one attached hydrogen (secondary N) is 2. The largest absolute Gasteiger partial charge is 0.356 e. The second kappa shape index (κ2) is 10.1. The Morgan fingerprint density at radius 2 is 2.17 bits per heavy atom. The van der Waals surface area contributed by atoms with Crippen molar-refractivity contribution in [3.8, 4) is 0 Å². The van der Waals surface area contributed by atoms with E-state index in [4.69, 9.17) is 0 Å². The van der Waals surface area contributed by atoms with Crippen LogP contribution in [0.2, 0.25) is 0 Å². The molecule has 1 amide bonds. The van der Waals surface area contributed by atoms with Crippen molar-refractivity contribution in [2.24, 2.45) is 0 Å². The summed E-state index contributed by atoms with van der Waals surface area (Å²) in [6.07, 6.45) is 5.27. The molecule has 0 atom stereocenters. The molecule has 0 fully saturated rings. The van der Waals surface area contributed by atoms with Crippen molar-refractivity contribution < 1.29 is 9.79 Å². The summed E-state index contributed by atoms with van der Waals surface area (Å²) >= 11 is 0. The molecule has 0 spiro atoms. The highest BCUT2D eigenvalue weighted by Gasteiger charge is 1.90. The van der Waals surface area contributed by atoms with E-state index in [-0.39, 0.29) is 13.3 Å². The monoisotopic (exact) mass is 176 g/mol. The van der Waals surface area contributed by atoms with E-state index >= 15 is 0 Å². The minimum absolute atomic E-state index is 0. The number of unbranched alkanes of at least 4 members (excludes halogenated alkanes) is 2. The van der Waals surface area contributed by atoms with Gasteiger partial charge in [-0.2, -0.15) is 0 Å². The summed E-state index contributed by atoms with van der Waals surface area (Å²) in [7, 11) is 1.90. The number of rotatable bonds is 5. The van der Waals surface area contributed by atoms with Crippen LogP contribution in [0, 0.1) is 0 Å². The highest BCUT2D eigenvalue weighted by Crippen LogP contribution is 1.88. The van der Waals surface area contributed by atoms with Gasteiger partial charge in [-0.1, -0.05) is 7.43 Å². The summed E-state index contributed by atoms with van der Waals surface area (Å²) in [6, 6.07) is 0.